The average molecular weight is 176 g/mol. The minimum Gasteiger partial charge on any atom is -0.301 e. The first-order chi connectivity index (χ1) is 4.70. The summed E-state index contributed by atoms with van der Waals surface area (Å²) in [5.74, 6) is 0. The smallest absolute Gasteiger partial charge is 0.301 e. The molecule has 0 radical (unpaired) electrons. The Morgan fingerprint density at radius 1 is 1.90 bits per heavy atom. The van der Waals surface area contributed by atoms with Gasteiger partial charge in [0.2, 0.25) is 0 Å². The van der Waals surface area contributed by atoms with Gasteiger partial charge in [-0.2, -0.15) is 0 Å². The summed E-state index contributed by atoms with van der Waals surface area (Å²) in [6.45, 7) is 3.89. The van der Waals surface area contributed by atoms with Crippen LogP contribution in [0.5, 0.6) is 0 Å². The average Bonchev–Trinajstić information content (AvgIpc) is 2.15. The summed E-state index contributed by atoms with van der Waals surface area (Å²) in [7, 11) is 0. The van der Waals surface area contributed by atoms with Gasteiger partial charge in [-0.1, -0.05) is 29.5 Å². The lowest BCUT2D eigenvalue weighted by atomic mass is 10.6. The zero-order chi connectivity index (χ0) is 7.56. The first-order valence-corrected chi connectivity index (χ1v) is 3.93. The Labute approximate surface area is 67.4 Å². The van der Waals surface area contributed by atoms with Crippen LogP contribution in [0, 0.1) is 0 Å². The summed E-state index contributed by atoms with van der Waals surface area (Å²) < 4.78 is 1.51. The molecule has 0 bridgehead atoms. The van der Waals surface area contributed by atoms with E-state index in [0.29, 0.717) is 11.6 Å². The molecular weight excluding hydrogens is 170 g/mol. The third kappa shape index (κ3) is 1.72. The van der Waals surface area contributed by atoms with Crippen molar-refractivity contribution >= 4 is 22.9 Å². The summed E-state index contributed by atoms with van der Waals surface area (Å²) in [4.78, 5) is 10.8. The maximum atomic E-state index is 10.8. The fourth-order valence-electron chi connectivity index (χ4n) is 0.593. The number of rotatable bonds is 2. The van der Waals surface area contributed by atoms with Gasteiger partial charge >= 0.3 is 4.87 Å². The third-order valence-electron chi connectivity index (χ3n) is 0.986. The van der Waals surface area contributed by atoms with Gasteiger partial charge in [-0.25, -0.2) is 0 Å². The molecule has 0 saturated heterocycles. The van der Waals surface area contributed by atoms with Crippen molar-refractivity contribution in [2.45, 2.75) is 6.54 Å². The molecule has 1 heterocycles. The summed E-state index contributed by atoms with van der Waals surface area (Å²) >= 11 is 6.65. The van der Waals surface area contributed by atoms with Gasteiger partial charge in [0.1, 0.15) is 0 Å². The molecule has 10 heavy (non-hydrogen) atoms. The zero-order valence-electron chi connectivity index (χ0n) is 5.21. The molecule has 1 aromatic heterocycles. The van der Waals surface area contributed by atoms with Crippen molar-refractivity contribution < 1.29 is 0 Å². The molecule has 0 aliphatic heterocycles. The van der Waals surface area contributed by atoms with E-state index in [2.05, 4.69) is 6.58 Å². The predicted octanol–water partition coefficient (Wildman–Crippen LogP) is 1.66. The van der Waals surface area contributed by atoms with Crippen molar-refractivity contribution in [1.82, 2.24) is 4.57 Å². The quantitative estimate of drug-likeness (QED) is 0.670. The minimum absolute atomic E-state index is 0.00167. The van der Waals surface area contributed by atoms with Crippen LogP contribution in [-0.2, 0) is 6.54 Å². The molecule has 54 valence electrons. The molecule has 1 rings (SSSR count). The highest BCUT2D eigenvalue weighted by molar-refractivity contribution is 7.07. The first kappa shape index (κ1) is 7.57. The number of nitrogens with zero attached hydrogens (tertiary/aromatic N) is 1. The van der Waals surface area contributed by atoms with Gasteiger partial charge in [0.15, 0.2) is 0 Å². The van der Waals surface area contributed by atoms with E-state index in [0.717, 1.165) is 11.3 Å². The standard InChI is InChI=1S/C6H6ClNOS/c1-5(7)4-8-2-3-10-6(8)9/h2-3H,1,4H2. The second-order valence-electron chi connectivity index (χ2n) is 1.81. The van der Waals surface area contributed by atoms with Gasteiger partial charge in [-0.05, 0) is 0 Å². The Morgan fingerprint density at radius 2 is 2.60 bits per heavy atom. The number of hydrogen-bond acceptors (Lipinski definition) is 2. The van der Waals surface area contributed by atoms with Gasteiger partial charge < -0.3 is 4.57 Å². The van der Waals surface area contributed by atoms with Crippen molar-refractivity contribution in [2.75, 3.05) is 0 Å². The predicted molar refractivity (Wildman–Crippen MR) is 43.6 cm³/mol. The molecule has 0 spiro atoms. The van der Waals surface area contributed by atoms with Crippen LogP contribution in [-0.4, -0.2) is 4.57 Å². The summed E-state index contributed by atoms with van der Waals surface area (Å²) in [6, 6.07) is 0. The maximum absolute atomic E-state index is 10.8. The van der Waals surface area contributed by atoms with Crippen LogP contribution in [0.3, 0.4) is 0 Å². The topological polar surface area (TPSA) is 22.0 Å². The van der Waals surface area contributed by atoms with E-state index in [-0.39, 0.29) is 4.87 Å². The van der Waals surface area contributed by atoms with E-state index in [1.165, 1.54) is 4.57 Å². The summed E-state index contributed by atoms with van der Waals surface area (Å²) in [5.41, 5.74) is 0. The molecule has 0 saturated carbocycles. The molecule has 0 amide bonds. The molecule has 0 aromatic carbocycles. The lowest BCUT2D eigenvalue weighted by molar-refractivity contribution is 0.797. The van der Waals surface area contributed by atoms with Gasteiger partial charge in [0.05, 0.1) is 6.54 Å². The highest BCUT2D eigenvalue weighted by Gasteiger charge is 1.95. The van der Waals surface area contributed by atoms with E-state index in [4.69, 9.17) is 11.6 Å². The van der Waals surface area contributed by atoms with E-state index in [1.54, 1.807) is 11.6 Å². The monoisotopic (exact) mass is 175 g/mol. The van der Waals surface area contributed by atoms with E-state index < -0.39 is 0 Å². The van der Waals surface area contributed by atoms with Crippen molar-refractivity contribution in [3.8, 4) is 0 Å². The highest BCUT2D eigenvalue weighted by atomic mass is 35.5. The number of allylic oxidation sites excluding steroid dienone is 1. The fourth-order valence-corrected chi connectivity index (χ4v) is 1.31. The summed E-state index contributed by atoms with van der Waals surface area (Å²) in [6.07, 6.45) is 1.70. The number of halogens is 1. The number of hydrogen-bond donors (Lipinski definition) is 0. The Bertz CT molecular complexity index is 288. The van der Waals surface area contributed by atoms with Crippen LogP contribution in [0.25, 0.3) is 0 Å². The largest absolute Gasteiger partial charge is 0.307 e. The van der Waals surface area contributed by atoms with Crippen LogP contribution in [0.4, 0.5) is 0 Å². The fraction of sp³-hybridized carbons (Fsp3) is 0.167. The van der Waals surface area contributed by atoms with E-state index >= 15 is 0 Å². The molecular formula is C6H6ClNOS. The lowest BCUT2D eigenvalue weighted by Crippen LogP contribution is -2.11. The Hall–Kier alpha value is -0.540. The molecule has 0 N–H and O–H groups in total. The Morgan fingerprint density at radius 3 is 3.00 bits per heavy atom. The molecule has 2 nitrogen and oxygen atoms in total. The molecule has 4 heteroatoms. The van der Waals surface area contributed by atoms with Crippen LogP contribution < -0.4 is 4.87 Å². The van der Waals surface area contributed by atoms with Crippen LogP contribution in [0.2, 0.25) is 0 Å². The van der Waals surface area contributed by atoms with Gasteiger partial charge in [-0.15, -0.1) is 0 Å². The molecule has 0 atom stereocenters. The molecule has 0 aliphatic carbocycles. The van der Waals surface area contributed by atoms with Crippen molar-refractivity contribution in [1.29, 1.82) is 0 Å². The first-order valence-electron chi connectivity index (χ1n) is 2.67. The Balaban J connectivity index is 2.85. The van der Waals surface area contributed by atoms with Gasteiger partial charge in [0, 0.05) is 16.6 Å². The zero-order valence-corrected chi connectivity index (χ0v) is 6.78. The molecule has 0 unspecified atom stereocenters. The van der Waals surface area contributed by atoms with E-state index in [1.807, 2.05) is 0 Å². The van der Waals surface area contributed by atoms with Crippen molar-refractivity contribution in [2.24, 2.45) is 0 Å². The second-order valence-corrected chi connectivity index (χ2v) is 3.21. The highest BCUT2D eigenvalue weighted by Crippen LogP contribution is 2.00. The second kappa shape index (κ2) is 3.03. The lowest BCUT2D eigenvalue weighted by Gasteiger charge is -1.94. The number of aromatic nitrogens is 1. The van der Waals surface area contributed by atoms with Crippen molar-refractivity contribution in [3.05, 3.63) is 32.9 Å². The van der Waals surface area contributed by atoms with Crippen molar-refractivity contribution in [3.63, 3.8) is 0 Å². The maximum Gasteiger partial charge on any atom is 0.307 e. The van der Waals surface area contributed by atoms with E-state index in [9.17, 15) is 4.79 Å². The van der Waals surface area contributed by atoms with Gasteiger partial charge in [-0.3, -0.25) is 4.79 Å². The Kier molecular flexibility index (Phi) is 2.29. The van der Waals surface area contributed by atoms with Crippen LogP contribution in [0.15, 0.2) is 28.0 Å². The normalized spacial score (nSPS) is 9.70. The number of thiazole rings is 1. The molecule has 0 aliphatic rings. The van der Waals surface area contributed by atoms with Gasteiger partial charge in [0.25, 0.3) is 0 Å². The van der Waals surface area contributed by atoms with Crippen LogP contribution >= 0.6 is 22.9 Å². The molecule has 1 aromatic rings. The summed E-state index contributed by atoms with van der Waals surface area (Å²) in [5, 5.41) is 2.20. The molecule has 0 fully saturated rings. The van der Waals surface area contributed by atoms with Crippen LogP contribution in [0.1, 0.15) is 0 Å². The third-order valence-corrected chi connectivity index (χ3v) is 1.80. The SMILES string of the molecule is C=C(Cl)Cn1ccsc1=O. The minimum atomic E-state index is 0.00167.